The Morgan fingerprint density at radius 1 is 1.27 bits per heavy atom. The number of carbonyl (C=O) groups is 3. The fourth-order valence-corrected chi connectivity index (χ4v) is 4.67. The molecule has 0 radical (unpaired) electrons. The van der Waals surface area contributed by atoms with Crippen LogP contribution in [0.2, 0.25) is 0 Å². The van der Waals surface area contributed by atoms with Crippen LogP contribution in [0.5, 0.6) is 0 Å². The van der Waals surface area contributed by atoms with Crippen molar-refractivity contribution in [3.05, 3.63) is 44.6 Å². The van der Waals surface area contributed by atoms with Gasteiger partial charge in [-0.1, -0.05) is 0 Å². The minimum atomic E-state index is -0.678. The summed E-state index contributed by atoms with van der Waals surface area (Å²) in [6.07, 6.45) is 6.06. The number of fused-ring (bicyclic) bond motifs is 1. The summed E-state index contributed by atoms with van der Waals surface area (Å²) in [7, 11) is 0. The number of amides is 1. The Hall–Kier alpha value is -2.39. The zero-order chi connectivity index (χ0) is 21.7. The molecule has 7 nitrogen and oxygen atoms in total. The maximum absolute atomic E-state index is 12.6. The molecule has 2 aromatic heterocycles. The molecule has 0 aliphatic heterocycles. The molecule has 0 saturated carbocycles. The number of carbonyl (C=O) groups excluding carboxylic acids is 3. The summed E-state index contributed by atoms with van der Waals surface area (Å²) in [6, 6.07) is 3.37. The molecule has 0 unspecified atom stereocenters. The van der Waals surface area contributed by atoms with E-state index in [1.165, 1.54) is 23.5 Å². The molecular weight excluding hydrogens is 474 g/mol. The standard InChI is InChI=1S/C21H22BrNO6S/c1-12(2)28-21(26)19-14-5-3-4-6-15(14)30-20(19)23-17(24)11-27-18(25)10-8-13-7-9-16(22)29-13/h7-10,12H,3-6,11H2,1-2H3,(H,23,24). The van der Waals surface area contributed by atoms with Gasteiger partial charge >= 0.3 is 11.9 Å². The van der Waals surface area contributed by atoms with Gasteiger partial charge < -0.3 is 19.2 Å². The lowest BCUT2D eigenvalue weighted by Gasteiger charge is -2.14. The van der Waals surface area contributed by atoms with E-state index >= 15 is 0 Å². The highest BCUT2D eigenvalue weighted by Gasteiger charge is 2.28. The lowest BCUT2D eigenvalue weighted by atomic mass is 9.95. The summed E-state index contributed by atoms with van der Waals surface area (Å²) >= 11 is 4.55. The summed E-state index contributed by atoms with van der Waals surface area (Å²) in [4.78, 5) is 37.8. The molecule has 0 bridgehead atoms. The highest BCUT2D eigenvalue weighted by molar-refractivity contribution is 9.10. The van der Waals surface area contributed by atoms with E-state index < -0.39 is 24.5 Å². The van der Waals surface area contributed by atoms with Gasteiger partial charge in [0, 0.05) is 11.0 Å². The lowest BCUT2D eigenvalue weighted by Crippen LogP contribution is -2.22. The number of hydrogen-bond acceptors (Lipinski definition) is 7. The number of nitrogens with one attached hydrogen (secondary N) is 1. The Balaban J connectivity index is 1.63. The minimum absolute atomic E-state index is 0.261. The van der Waals surface area contributed by atoms with Gasteiger partial charge in [0.2, 0.25) is 0 Å². The first-order valence-corrected chi connectivity index (χ1v) is 11.2. The third-order valence-electron chi connectivity index (χ3n) is 4.29. The van der Waals surface area contributed by atoms with Crippen LogP contribution in [0.3, 0.4) is 0 Å². The van der Waals surface area contributed by atoms with Crippen LogP contribution in [-0.4, -0.2) is 30.6 Å². The monoisotopic (exact) mass is 495 g/mol. The summed E-state index contributed by atoms with van der Waals surface area (Å²) < 4.78 is 16.1. The van der Waals surface area contributed by atoms with Crippen molar-refractivity contribution in [2.45, 2.75) is 45.6 Å². The molecule has 2 heterocycles. The largest absolute Gasteiger partial charge is 0.459 e. The molecule has 0 fully saturated rings. The topological polar surface area (TPSA) is 94.8 Å². The van der Waals surface area contributed by atoms with Crippen molar-refractivity contribution < 1.29 is 28.3 Å². The van der Waals surface area contributed by atoms with E-state index in [0.717, 1.165) is 36.1 Å². The van der Waals surface area contributed by atoms with Crippen molar-refractivity contribution in [1.29, 1.82) is 0 Å². The molecule has 2 aromatic rings. The van der Waals surface area contributed by atoms with E-state index in [0.29, 0.717) is 21.0 Å². The van der Waals surface area contributed by atoms with Gasteiger partial charge in [0.25, 0.3) is 5.91 Å². The van der Waals surface area contributed by atoms with E-state index in [4.69, 9.17) is 13.9 Å². The predicted octanol–water partition coefficient (Wildman–Crippen LogP) is 4.74. The number of anilines is 1. The number of furan rings is 1. The maximum atomic E-state index is 12.6. The quantitative estimate of drug-likeness (QED) is 0.440. The first-order valence-electron chi connectivity index (χ1n) is 9.59. The van der Waals surface area contributed by atoms with Crippen molar-refractivity contribution in [3.8, 4) is 0 Å². The lowest BCUT2D eigenvalue weighted by molar-refractivity contribution is -0.142. The van der Waals surface area contributed by atoms with E-state index in [2.05, 4.69) is 21.2 Å². The van der Waals surface area contributed by atoms with Gasteiger partial charge in [0.15, 0.2) is 11.3 Å². The molecular formula is C21H22BrNO6S. The van der Waals surface area contributed by atoms with Crippen molar-refractivity contribution in [1.82, 2.24) is 0 Å². The van der Waals surface area contributed by atoms with Crippen molar-refractivity contribution >= 4 is 56.2 Å². The molecule has 1 aliphatic rings. The number of aryl methyl sites for hydroxylation is 1. The van der Waals surface area contributed by atoms with Crippen molar-refractivity contribution in [2.75, 3.05) is 11.9 Å². The molecule has 160 valence electrons. The highest BCUT2D eigenvalue weighted by atomic mass is 79.9. The average molecular weight is 496 g/mol. The van der Waals surface area contributed by atoms with Crippen LogP contribution < -0.4 is 5.32 Å². The van der Waals surface area contributed by atoms with Gasteiger partial charge in [0.05, 0.1) is 11.7 Å². The van der Waals surface area contributed by atoms with Crippen LogP contribution in [0.4, 0.5) is 5.00 Å². The molecule has 0 aromatic carbocycles. The SMILES string of the molecule is CC(C)OC(=O)c1c(NC(=O)COC(=O)C=Cc2ccc(Br)o2)sc2c1CCCC2. The third-order valence-corrected chi connectivity index (χ3v) is 5.93. The first-order chi connectivity index (χ1) is 14.3. The Morgan fingerprint density at radius 3 is 2.73 bits per heavy atom. The number of esters is 2. The first kappa shape index (κ1) is 22.3. The van der Waals surface area contributed by atoms with Crippen LogP contribution in [0.15, 0.2) is 27.3 Å². The van der Waals surface area contributed by atoms with Gasteiger partial charge in [0.1, 0.15) is 10.8 Å². The molecule has 0 atom stereocenters. The number of thiophene rings is 1. The number of ether oxygens (including phenoxy) is 2. The Bertz CT molecular complexity index is 974. The molecule has 0 spiro atoms. The van der Waals surface area contributed by atoms with E-state index in [1.807, 2.05) is 0 Å². The summed E-state index contributed by atoms with van der Waals surface area (Å²) in [5.41, 5.74) is 1.38. The Kier molecular flexibility index (Phi) is 7.49. The average Bonchev–Trinajstić information content (AvgIpc) is 3.26. The molecule has 3 rings (SSSR count). The second kappa shape index (κ2) is 10.1. The van der Waals surface area contributed by atoms with E-state index in [1.54, 1.807) is 26.0 Å². The zero-order valence-corrected chi connectivity index (χ0v) is 19.1. The summed E-state index contributed by atoms with van der Waals surface area (Å²) in [5, 5.41) is 3.16. The predicted molar refractivity (Wildman–Crippen MR) is 117 cm³/mol. The van der Waals surface area contributed by atoms with Crippen molar-refractivity contribution in [3.63, 3.8) is 0 Å². The normalized spacial score (nSPS) is 13.3. The fourth-order valence-electron chi connectivity index (χ4n) is 3.06. The second-order valence-corrected chi connectivity index (χ2v) is 8.89. The van der Waals surface area contributed by atoms with Crippen LogP contribution >= 0.6 is 27.3 Å². The molecule has 1 amide bonds. The van der Waals surface area contributed by atoms with Gasteiger partial charge in [-0.3, -0.25) is 4.79 Å². The van der Waals surface area contributed by atoms with E-state index in [9.17, 15) is 14.4 Å². The number of halogens is 1. The van der Waals surface area contributed by atoms with Gasteiger partial charge in [-0.05, 0) is 79.2 Å². The van der Waals surface area contributed by atoms with Crippen LogP contribution in [-0.2, 0) is 31.9 Å². The van der Waals surface area contributed by atoms with Crippen molar-refractivity contribution in [2.24, 2.45) is 0 Å². The highest BCUT2D eigenvalue weighted by Crippen LogP contribution is 2.38. The van der Waals surface area contributed by atoms with Crippen LogP contribution in [0, 0.1) is 0 Å². The Labute approximate surface area is 186 Å². The van der Waals surface area contributed by atoms with Crippen LogP contribution in [0.25, 0.3) is 6.08 Å². The molecule has 30 heavy (non-hydrogen) atoms. The summed E-state index contributed by atoms with van der Waals surface area (Å²) in [5.74, 6) is -1.16. The van der Waals surface area contributed by atoms with Crippen LogP contribution in [0.1, 0.15) is 53.2 Å². The second-order valence-electron chi connectivity index (χ2n) is 7.00. The van der Waals surface area contributed by atoms with Gasteiger partial charge in [-0.2, -0.15) is 0 Å². The molecule has 1 aliphatic carbocycles. The Morgan fingerprint density at radius 2 is 2.03 bits per heavy atom. The number of rotatable bonds is 7. The summed E-state index contributed by atoms with van der Waals surface area (Å²) in [6.45, 7) is 3.10. The fraction of sp³-hybridized carbons (Fsp3) is 0.381. The van der Waals surface area contributed by atoms with Gasteiger partial charge in [-0.15, -0.1) is 11.3 Å². The van der Waals surface area contributed by atoms with E-state index in [-0.39, 0.29) is 6.10 Å². The third kappa shape index (κ3) is 5.82. The molecule has 0 saturated heterocycles. The van der Waals surface area contributed by atoms with Gasteiger partial charge in [-0.25, -0.2) is 9.59 Å². The molecule has 1 N–H and O–H groups in total. The minimum Gasteiger partial charge on any atom is -0.459 e. The molecule has 9 heteroatoms. The maximum Gasteiger partial charge on any atom is 0.341 e. The zero-order valence-electron chi connectivity index (χ0n) is 16.7. The number of hydrogen-bond donors (Lipinski definition) is 1. The smallest absolute Gasteiger partial charge is 0.341 e.